The lowest BCUT2D eigenvalue weighted by Gasteiger charge is -2.31. The van der Waals surface area contributed by atoms with Gasteiger partial charge in [-0.05, 0) is 55.4 Å². The molecule has 1 fully saturated rings. The van der Waals surface area contributed by atoms with Gasteiger partial charge in [-0.25, -0.2) is 10.2 Å². The fourth-order valence-corrected chi connectivity index (χ4v) is 3.14. The van der Waals surface area contributed by atoms with Crippen LogP contribution < -0.4 is 10.7 Å². The second-order valence-corrected chi connectivity index (χ2v) is 7.32. The minimum atomic E-state index is -0.295. The number of nitrogens with zero attached hydrogens (tertiary/aromatic N) is 1. The molecular formula is C17H24BrN3O. The summed E-state index contributed by atoms with van der Waals surface area (Å²) in [5, 5.41) is 7.16. The molecule has 0 heterocycles. The predicted molar refractivity (Wildman–Crippen MR) is 95.1 cm³/mol. The summed E-state index contributed by atoms with van der Waals surface area (Å²) in [5.74, 6) is 1.76. The highest BCUT2D eigenvalue weighted by molar-refractivity contribution is 9.10. The lowest BCUT2D eigenvalue weighted by atomic mass is 9.75. The van der Waals surface area contributed by atoms with E-state index in [0.29, 0.717) is 11.8 Å². The Balaban J connectivity index is 1.94. The van der Waals surface area contributed by atoms with Crippen LogP contribution in [0.3, 0.4) is 0 Å². The van der Waals surface area contributed by atoms with Crippen LogP contribution in [0.15, 0.2) is 33.8 Å². The number of halogens is 1. The second kappa shape index (κ2) is 7.77. The van der Waals surface area contributed by atoms with Crippen molar-refractivity contribution in [1.29, 1.82) is 0 Å². The Morgan fingerprint density at radius 1 is 1.32 bits per heavy atom. The predicted octanol–water partition coefficient (Wildman–Crippen LogP) is 5.02. The van der Waals surface area contributed by atoms with E-state index >= 15 is 0 Å². The number of benzene rings is 1. The molecule has 0 aromatic heterocycles. The van der Waals surface area contributed by atoms with Gasteiger partial charge in [-0.1, -0.05) is 36.7 Å². The van der Waals surface area contributed by atoms with Gasteiger partial charge in [0.1, 0.15) is 0 Å². The Hall–Kier alpha value is -1.36. The number of urea groups is 1. The molecule has 1 aromatic rings. The zero-order valence-corrected chi connectivity index (χ0v) is 15.0. The Morgan fingerprint density at radius 3 is 2.64 bits per heavy atom. The zero-order valence-electron chi connectivity index (χ0n) is 13.4. The average Bonchev–Trinajstić information content (AvgIpc) is 2.48. The third-order valence-corrected chi connectivity index (χ3v) is 4.71. The second-order valence-electron chi connectivity index (χ2n) is 6.41. The van der Waals surface area contributed by atoms with Gasteiger partial charge in [-0.2, -0.15) is 5.10 Å². The Labute approximate surface area is 140 Å². The molecule has 0 saturated heterocycles. The number of nitrogens with one attached hydrogen (secondary N) is 2. The lowest BCUT2D eigenvalue weighted by Crippen LogP contribution is -2.32. The zero-order chi connectivity index (χ0) is 16.1. The van der Waals surface area contributed by atoms with Crippen LogP contribution in [-0.2, 0) is 0 Å². The fraction of sp³-hybridized carbons (Fsp3) is 0.529. The largest absolute Gasteiger partial charge is 0.339 e. The van der Waals surface area contributed by atoms with Gasteiger partial charge in [0.25, 0.3) is 0 Å². The van der Waals surface area contributed by atoms with Crippen molar-refractivity contribution in [1.82, 2.24) is 5.43 Å². The van der Waals surface area contributed by atoms with E-state index in [1.54, 1.807) is 0 Å². The van der Waals surface area contributed by atoms with Gasteiger partial charge in [-0.15, -0.1) is 0 Å². The molecule has 22 heavy (non-hydrogen) atoms. The van der Waals surface area contributed by atoms with Crippen molar-refractivity contribution >= 4 is 33.4 Å². The first-order valence-corrected chi connectivity index (χ1v) is 8.64. The van der Waals surface area contributed by atoms with E-state index in [4.69, 9.17) is 0 Å². The first kappa shape index (κ1) is 17.0. The number of carbonyl (C=O) groups excluding carboxylic acids is 1. The maximum absolute atomic E-state index is 11.9. The van der Waals surface area contributed by atoms with E-state index in [0.717, 1.165) is 41.1 Å². The van der Waals surface area contributed by atoms with Gasteiger partial charge < -0.3 is 5.32 Å². The molecule has 1 aliphatic rings. The molecule has 1 saturated carbocycles. The van der Waals surface area contributed by atoms with Crippen molar-refractivity contribution in [3.05, 3.63) is 28.7 Å². The summed E-state index contributed by atoms with van der Waals surface area (Å²) in [6.45, 7) is 6.74. The first-order valence-electron chi connectivity index (χ1n) is 7.84. The highest BCUT2D eigenvalue weighted by atomic mass is 79.9. The number of rotatable bonds is 3. The Morgan fingerprint density at radius 2 is 2.00 bits per heavy atom. The third-order valence-electron chi connectivity index (χ3n) is 4.19. The monoisotopic (exact) mass is 365 g/mol. The van der Waals surface area contributed by atoms with Crippen molar-refractivity contribution in [2.45, 2.75) is 40.0 Å². The number of carbonyl (C=O) groups is 1. The maximum Gasteiger partial charge on any atom is 0.339 e. The van der Waals surface area contributed by atoms with Gasteiger partial charge in [0.2, 0.25) is 0 Å². The molecule has 2 amide bonds. The van der Waals surface area contributed by atoms with E-state index in [9.17, 15) is 4.79 Å². The highest BCUT2D eigenvalue weighted by Gasteiger charge is 2.27. The van der Waals surface area contributed by atoms with E-state index in [-0.39, 0.29) is 6.03 Å². The van der Waals surface area contributed by atoms with Crippen LogP contribution >= 0.6 is 15.9 Å². The standard InChI is InChI=1S/C17H24BrN3O/c1-11(2)15-10-12(3)4-9-16(15)20-21-17(22)19-14-7-5-13(18)6-8-14/h5-8,11-12,15H,4,9-10H2,1-3H3,(H2,19,21,22)/b20-16+. The molecule has 0 bridgehead atoms. The summed E-state index contributed by atoms with van der Waals surface area (Å²) in [5.41, 5.74) is 4.51. The molecule has 5 heteroatoms. The highest BCUT2D eigenvalue weighted by Crippen LogP contribution is 2.31. The van der Waals surface area contributed by atoms with Crippen LogP contribution in [0, 0.1) is 17.8 Å². The van der Waals surface area contributed by atoms with Gasteiger partial charge in [0.05, 0.1) is 0 Å². The van der Waals surface area contributed by atoms with Crippen LogP contribution in [-0.4, -0.2) is 11.7 Å². The summed E-state index contributed by atoms with van der Waals surface area (Å²) in [7, 11) is 0. The van der Waals surface area contributed by atoms with E-state index in [1.807, 2.05) is 24.3 Å². The normalized spacial score (nSPS) is 23.6. The van der Waals surface area contributed by atoms with Crippen LogP contribution in [0.25, 0.3) is 0 Å². The van der Waals surface area contributed by atoms with Gasteiger partial charge in [0.15, 0.2) is 0 Å². The summed E-state index contributed by atoms with van der Waals surface area (Å²) in [6, 6.07) is 7.17. The molecule has 1 aliphatic carbocycles. The molecule has 2 N–H and O–H groups in total. The lowest BCUT2D eigenvalue weighted by molar-refractivity contribution is 0.252. The number of hydrogen-bond acceptors (Lipinski definition) is 2. The minimum Gasteiger partial charge on any atom is -0.307 e. The van der Waals surface area contributed by atoms with E-state index in [2.05, 4.69) is 52.5 Å². The molecule has 2 atom stereocenters. The fourth-order valence-electron chi connectivity index (χ4n) is 2.88. The first-order chi connectivity index (χ1) is 10.5. The Kier molecular flexibility index (Phi) is 6.00. The number of hydrogen-bond donors (Lipinski definition) is 2. The molecule has 0 aliphatic heterocycles. The van der Waals surface area contributed by atoms with Crippen molar-refractivity contribution in [3.8, 4) is 0 Å². The summed E-state index contributed by atoms with van der Waals surface area (Å²) in [4.78, 5) is 11.9. The van der Waals surface area contributed by atoms with Gasteiger partial charge >= 0.3 is 6.03 Å². The maximum atomic E-state index is 11.9. The van der Waals surface area contributed by atoms with Gasteiger partial charge in [0, 0.05) is 21.8 Å². The topological polar surface area (TPSA) is 53.5 Å². The Bertz CT molecular complexity index is 539. The minimum absolute atomic E-state index is 0.295. The number of anilines is 1. The molecule has 2 unspecified atom stereocenters. The van der Waals surface area contributed by atoms with Gasteiger partial charge in [-0.3, -0.25) is 0 Å². The van der Waals surface area contributed by atoms with Crippen LogP contribution in [0.4, 0.5) is 10.5 Å². The number of amides is 2. The van der Waals surface area contributed by atoms with Crippen molar-refractivity contribution in [2.24, 2.45) is 22.9 Å². The van der Waals surface area contributed by atoms with E-state index in [1.165, 1.54) is 0 Å². The van der Waals surface area contributed by atoms with Crippen molar-refractivity contribution < 1.29 is 4.79 Å². The van der Waals surface area contributed by atoms with Crippen LogP contribution in [0.1, 0.15) is 40.0 Å². The average molecular weight is 366 g/mol. The molecular weight excluding hydrogens is 342 g/mol. The van der Waals surface area contributed by atoms with Crippen LogP contribution in [0.5, 0.6) is 0 Å². The van der Waals surface area contributed by atoms with Crippen molar-refractivity contribution in [2.75, 3.05) is 5.32 Å². The van der Waals surface area contributed by atoms with E-state index < -0.39 is 0 Å². The summed E-state index contributed by atoms with van der Waals surface area (Å²) >= 11 is 3.37. The molecule has 4 nitrogen and oxygen atoms in total. The smallest absolute Gasteiger partial charge is 0.307 e. The third kappa shape index (κ3) is 4.83. The molecule has 0 spiro atoms. The SMILES string of the molecule is CC1CC/C(=N\NC(=O)Nc2ccc(Br)cc2)C(C(C)C)C1. The quantitative estimate of drug-likeness (QED) is 0.725. The summed E-state index contributed by atoms with van der Waals surface area (Å²) < 4.78 is 0.981. The molecule has 2 rings (SSSR count). The molecule has 120 valence electrons. The molecule has 1 aromatic carbocycles. The van der Waals surface area contributed by atoms with Crippen LogP contribution in [0.2, 0.25) is 0 Å². The molecule has 0 radical (unpaired) electrons. The summed E-state index contributed by atoms with van der Waals surface area (Å²) in [6.07, 6.45) is 3.28. The van der Waals surface area contributed by atoms with Crippen molar-refractivity contribution in [3.63, 3.8) is 0 Å². The number of hydrazone groups is 1.